The molecular formula is C11H15N5. The summed E-state index contributed by atoms with van der Waals surface area (Å²) >= 11 is 0. The van der Waals surface area contributed by atoms with Gasteiger partial charge in [-0.3, -0.25) is 4.68 Å². The van der Waals surface area contributed by atoms with E-state index >= 15 is 0 Å². The van der Waals surface area contributed by atoms with Crippen molar-refractivity contribution in [3.05, 3.63) is 41.3 Å². The summed E-state index contributed by atoms with van der Waals surface area (Å²) in [6.45, 7) is 4.77. The number of anilines is 1. The zero-order valence-electron chi connectivity index (χ0n) is 9.44. The summed E-state index contributed by atoms with van der Waals surface area (Å²) in [5, 5.41) is 4.40. The van der Waals surface area contributed by atoms with Crippen molar-refractivity contribution < 1.29 is 0 Å². The van der Waals surface area contributed by atoms with Gasteiger partial charge in [-0.25, -0.2) is 10.8 Å². The fraction of sp³-hybridized carbons (Fsp3) is 0.273. The van der Waals surface area contributed by atoms with Crippen molar-refractivity contribution in [1.82, 2.24) is 14.8 Å². The van der Waals surface area contributed by atoms with Crippen molar-refractivity contribution in [2.75, 3.05) is 5.43 Å². The quantitative estimate of drug-likeness (QED) is 0.599. The predicted octanol–water partition coefficient (Wildman–Crippen LogP) is 1.23. The minimum atomic E-state index is 0.664. The van der Waals surface area contributed by atoms with Gasteiger partial charge in [0.1, 0.15) is 5.82 Å². The minimum absolute atomic E-state index is 0.664. The predicted molar refractivity (Wildman–Crippen MR) is 62.9 cm³/mol. The van der Waals surface area contributed by atoms with Crippen LogP contribution in [0.1, 0.15) is 17.0 Å². The molecule has 0 unspecified atom stereocenters. The summed E-state index contributed by atoms with van der Waals surface area (Å²) in [7, 11) is 0. The molecule has 0 spiro atoms. The molecule has 16 heavy (non-hydrogen) atoms. The largest absolute Gasteiger partial charge is 0.308 e. The van der Waals surface area contributed by atoms with E-state index in [1.807, 2.05) is 30.7 Å². The molecular weight excluding hydrogens is 202 g/mol. The highest BCUT2D eigenvalue weighted by Crippen LogP contribution is 2.08. The Balaban J connectivity index is 2.17. The zero-order chi connectivity index (χ0) is 11.5. The van der Waals surface area contributed by atoms with Crippen molar-refractivity contribution in [2.45, 2.75) is 20.4 Å². The molecule has 2 aromatic rings. The van der Waals surface area contributed by atoms with E-state index in [9.17, 15) is 0 Å². The Labute approximate surface area is 94.3 Å². The van der Waals surface area contributed by atoms with Crippen LogP contribution in [0.4, 0.5) is 5.82 Å². The molecule has 3 N–H and O–H groups in total. The van der Waals surface area contributed by atoms with Crippen LogP contribution in [-0.2, 0) is 6.54 Å². The van der Waals surface area contributed by atoms with Gasteiger partial charge in [0.25, 0.3) is 0 Å². The van der Waals surface area contributed by atoms with Gasteiger partial charge in [-0.1, -0.05) is 6.07 Å². The van der Waals surface area contributed by atoms with Gasteiger partial charge >= 0.3 is 0 Å². The lowest BCUT2D eigenvalue weighted by Crippen LogP contribution is -2.09. The number of hydrogen-bond acceptors (Lipinski definition) is 4. The van der Waals surface area contributed by atoms with Crippen LogP contribution in [0, 0.1) is 13.8 Å². The van der Waals surface area contributed by atoms with Crippen LogP contribution < -0.4 is 11.3 Å². The average molecular weight is 217 g/mol. The van der Waals surface area contributed by atoms with E-state index in [-0.39, 0.29) is 0 Å². The van der Waals surface area contributed by atoms with Gasteiger partial charge in [-0.05, 0) is 31.5 Å². The van der Waals surface area contributed by atoms with E-state index in [4.69, 9.17) is 5.84 Å². The van der Waals surface area contributed by atoms with E-state index in [1.54, 1.807) is 6.20 Å². The number of hydrazine groups is 1. The molecule has 0 amide bonds. The number of rotatable bonds is 3. The SMILES string of the molecule is Cc1cc(C)n(Cc2ccc(NN)nc2)n1. The monoisotopic (exact) mass is 217 g/mol. The number of nitrogens with one attached hydrogen (secondary N) is 1. The van der Waals surface area contributed by atoms with Gasteiger partial charge in [0.2, 0.25) is 0 Å². The molecule has 0 saturated carbocycles. The molecule has 0 aliphatic carbocycles. The summed E-state index contributed by atoms with van der Waals surface area (Å²) in [4.78, 5) is 4.15. The molecule has 0 atom stereocenters. The van der Waals surface area contributed by atoms with Gasteiger partial charge in [0.15, 0.2) is 0 Å². The second-order valence-electron chi connectivity index (χ2n) is 3.78. The number of aromatic nitrogens is 3. The molecule has 2 heterocycles. The average Bonchev–Trinajstić information content (AvgIpc) is 2.59. The number of pyridine rings is 1. The van der Waals surface area contributed by atoms with Crippen LogP contribution in [0.3, 0.4) is 0 Å². The minimum Gasteiger partial charge on any atom is -0.308 e. The highest BCUT2D eigenvalue weighted by molar-refractivity contribution is 5.33. The van der Waals surface area contributed by atoms with Gasteiger partial charge in [0, 0.05) is 11.9 Å². The summed E-state index contributed by atoms with van der Waals surface area (Å²) < 4.78 is 1.96. The van der Waals surface area contributed by atoms with Crippen LogP contribution >= 0.6 is 0 Å². The first kappa shape index (κ1) is 10.6. The number of nitrogens with two attached hydrogens (primary N) is 1. The van der Waals surface area contributed by atoms with E-state index in [0.29, 0.717) is 5.82 Å². The Bertz CT molecular complexity index is 472. The van der Waals surface area contributed by atoms with Crippen LogP contribution in [0.25, 0.3) is 0 Å². The van der Waals surface area contributed by atoms with Gasteiger partial charge in [-0.15, -0.1) is 0 Å². The normalized spacial score (nSPS) is 10.4. The molecule has 5 heteroatoms. The number of nitrogens with zero attached hydrogens (tertiary/aromatic N) is 3. The third kappa shape index (κ3) is 2.20. The van der Waals surface area contributed by atoms with Gasteiger partial charge in [-0.2, -0.15) is 5.10 Å². The molecule has 0 aromatic carbocycles. The molecule has 0 bridgehead atoms. The fourth-order valence-electron chi connectivity index (χ4n) is 1.61. The third-order valence-electron chi connectivity index (χ3n) is 2.41. The van der Waals surface area contributed by atoms with E-state index in [0.717, 1.165) is 23.5 Å². The highest BCUT2D eigenvalue weighted by atomic mass is 15.3. The lowest BCUT2D eigenvalue weighted by Gasteiger charge is -2.05. The standard InChI is InChI=1S/C11H15N5/c1-8-5-9(2)16(15-8)7-10-3-4-11(14-12)13-6-10/h3-6H,7,12H2,1-2H3,(H,13,14). The maximum absolute atomic E-state index is 5.25. The van der Waals surface area contributed by atoms with E-state index < -0.39 is 0 Å². The summed E-state index contributed by atoms with van der Waals surface area (Å²) in [6.07, 6.45) is 1.80. The molecule has 0 radical (unpaired) electrons. The van der Waals surface area contributed by atoms with Crippen molar-refractivity contribution in [2.24, 2.45) is 5.84 Å². The third-order valence-corrected chi connectivity index (χ3v) is 2.41. The summed E-state index contributed by atoms with van der Waals surface area (Å²) in [5.74, 6) is 5.91. The molecule has 0 aliphatic rings. The van der Waals surface area contributed by atoms with E-state index in [1.165, 1.54) is 0 Å². The number of hydrogen-bond donors (Lipinski definition) is 2. The molecule has 2 rings (SSSR count). The van der Waals surface area contributed by atoms with Crippen LogP contribution in [-0.4, -0.2) is 14.8 Å². The molecule has 5 nitrogen and oxygen atoms in total. The van der Waals surface area contributed by atoms with E-state index in [2.05, 4.69) is 21.6 Å². The maximum atomic E-state index is 5.25. The molecule has 0 fully saturated rings. The fourth-order valence-corrected chi connectivity index (χ4v) is 1.61. The Morgan fingerprint density at radius 3 is 2.69 bits per heavy atom. The van der Waals surface area contributed by atoms with Crippen LogP contribution in [0.5, 0.6) is 0 Å². The molecule has 0 aliphatic heterocycles. The molecule has 2 aromatic heterocycles. The maximum Gasteiger partial charge on any atom is 0.139 e. The first-order valence-electron chi connectivity index (χ1n) is 5.11. The van der Waals surface area contributed by atoms with Gasteiger partial charge < -0.3 is 5.43 Å². The summed E-state index contributed by atoms with van der Waals surface area (Å²) in [6, 6.07) is 5.89. The van der Waals surface area contributed by atoms with Crippen molar-refractivity contribution in [1.29, 1.82) is 0 Å². The Morgan fingerprint density at radius 2 is 2.19 bits per heavy atom. The van der Waals surface area contributed by atoms with Crippen LogP contribution in [0.2, 0.25) is 0 Å². The van der Waals surface area contributed by atoms with Crippen molar-refractivity contribution in [3.63, 3.8) is 0 Å². The lowest BCUT2D eigenvalue weighted by molar-refractivity contribution is 0.657. The summed E-state index contributed by atoms with van der Waals surface area (Å²) in [5.41, 5.74) is 5.79. The lowest BCUT2D eigenvalue weighted by atomic mass is 10.3. The van der Waals surface area contributed by atoms with Crippen LogP contribution in [0.15, 0.2) is 24.4 Å². The Kier molecular flexibility index (Phi) is 2.87. The zero-order valence-corrected chi connectivity index (χ0v) is 9.44. The number of aryl methyl sites for hydroxylation is 2. The first-order chi connectivity index (χ1) is 7.69. The highest BCUT2D eigenvalue weighted by Gasteiger charge is 2.02. The smallest absolute Gasteiger partial charge is 0.139 e. The Morgan fingerprint density at radius 1 is 1.38 bits per heavy atom. The second kappa shape index (κ2) is 4.32. The Hall–Kier alpha value is -1.88. The number of nitrogen functional groups attached to an aromatic ring is 1. The van der Waals surface area contributed by atoms with Crippen molar-refractivity contribution >= 4 is 5.82 Å². The van der Waals surface area contributed by atoms with Crippen molar-refractivity contribution in [3.8, 4) is 0 Å². The molecule has 0 saturated heterocycles. The topological polar surface area (TPSA) is 68.8 Å². The first-order valence-corrected chi connectivity index (χ1v) is 5.11. The molecule has 84 valence electrons. The van der Waals surface area contributed by atoms with Gasteiger partial charge in [0.05, 0.1) is 12.2 Å². The second-order valence-corrected chi connectivity index (χ2v) is 3.78.